The summed E-state index contributed by atoms with van der Waals surface area (Å²) in [6.45, 7) is 13.0. The Morgan fingerprint density at radius 2 is 1.74 bits per heavy atom. The largest absolute Gasteiger partial charge is 0.359 e. The number of H-pyrrole nitrogens is 1. The van der Waals surface area contributed by atoms with Crippen LogP contribution in [0.15, 0.2) is 21.8 Å². The van der Waals surface area contributed by atoms with Crippen LogP contribution in [0.3, 0.4) is 0 Å². The SMILES string of the molecule is CCC1=C(C)C(C)=N/C1=C\c1[nH]c(C)c(C)c1CC. The number of aromatic amines is 1. The van der Waals surface area contributed by atoms with Gasteiger partial charge in [0.1, 0.15) is 0 Å². The van der Waals surface area contributed by atoms with Gasteiger partial charge in [-0.3, -0.25) is 4.99 Å². The molecule has 0 atom stereocenters. The van der Waals surface area contributed by atoms with Crippen molar-refractivity contribution in [3.05, 3.63) is 39.4 Å². The van der Waals surface area contributed by atoms with Crippen LogP contribution in [0, 0.1) is 13.8 Å². The molecule has 102 valence electrons. The highest BCUT2D eigenvalue weighted by atomic mass is 14.8. The molecule has 0 fully saturated rings. The summed E-state index contributed by atoms with van der Waals surface area (Å²) in [6.07, 6.45) is 4.32. The number of aromatic nitrogens is 1. The Kier molecular flexibility index (Phi) is 3.79. The van der Waals surface area contributed by atoms with E-state index in [1.165, 1.54) is 33.7 Å². The summed E-state index contributed by atoms with van der Waals surface area (Å²) in [5.41, 5.74) is 10.3. The van der Waals surface area contributed by atoms with Crippen molar-refractivity contribution in [3.8, 4) is 0 Å². The Morgan fingerprint density at radius 3 is 2.32 bits per heavy atom. The van der Waals surface area contributed by atoms with E-state index in [-0.39, 0.29) is 0 Å². The molecule has 0 bridgehead atoms. The highest BCUT2D eigenvalue weighted by Crippen LogP contribution is 2.30. The van der Waals surface area contributed by atoms with E-state index in [4.69, 9.17) is 4.99 Å². The minimum atomic E-state index is 1.04. The standard InChI is InChI=1S/C17H24N2/c1-7-14-10(3)12(5)18-16(14)9-17-15(8-2)11(4)13(6)19-17/h9,18H,7-8H2,1-6H3/b17-9-. The lowest BCUT2D eigenvalue weighted by atomic mass is 10.0. The van der Waals surface area contributed by atoms with Crippen molar-refractivity contribution in [2.45, 2.75) is 54.4 Å². The number of allylic oxidation sites excluding steroid dienone is 2. The molecule has 0 saturated heterocycles. The molecule has 1 aliphatic heterocycles. The van der Waals surface area contributed by atoms with Crippen molar-refractivity contribution in [1.82, 2.24) is 4.98 Å². The van der Waals surface area contributed by atoms with Gasteiger partial charge in [0, 0.05) is 17.1 Å². The molecule has 0 aliphatic carbocycles. The molecule has 2 nitrogen and oxygen atoms in total. The Balaban J connectivity index is 2.51. The molecule has 19 heavy (non-hydrogen) atoms. The molecule has 0 spiro atoms. The highest BCUT2D eigenvalue weighted by molar-refractivity contribution is 6.03. The van der Waals surface area contributed by atoms with Crippen molar-refractivity contribution in [2.75, 3.05) is 0 Å². The second-order valence-electron chi connectivity index (χ2n) is 5.30. The first-order valence-electron chi connectivity index (χ1n) is 7.15. The zero-order chi connectivity index (χ0) is 14.2. The first-order valence-corrected chi connectivity index (χ1v) is 7.15. The van der Waals surface area contributed by atoms with Gasteiger partial charge >= 0.3 is 0 Å². The van der Waals surface area contributed by atoms with Crippen LogP contribution in [0.4, 0.5) is 0 Å². The lowest BCUT2D eigenvalue weighted by Gasteiger charge is -2.03. The van der Waals surface area contributed by atoms with Crippen molar-refractivity contribution in [3.63, 3.8) is 0 Å². The van der Waals surface area contributed by atoms with Gasteiger partial charge in [-0.05, 0) is 68.9 Å². The third-order valence-corrected chi connectivity index (χ3v) is 4.24. The topological polar surface area (TPSA) is 28.1 Å². The van der Waals surface area contributed by atoms with Crippen molar-refractivity contribution in [1.29, 1.82) is 0 Å². The Bertz CT molecular complexity index is 595. The van der Waals surface area contributed by atoms with Crippen LogP contribution in [0.5, 0.6) is 0 Å². The van der Waals surface area contributed by atoms with Gasteiger partial charge in [-0.15, -0.1) is 0 Å². The molecule has 1 aliphatic rings. The number of hydrogen-bond acceptors (Lipinski definition) is 1. The van der Waals surface area contributed by atoms with Gasteiger partial charge in [-0.1, -0.05) is 13.8 Å². The van der Waals surface area contributed by atoms with E-state index in [0.29, 0.717) is 0 Å². The van der Waals surface area contributed by atoms with Gasteiger partial charge in [0.15, 0.2) is 0 Å². The summed E-state index contributed by atoms with van der Waals surface area (Å²) < 4.78 is 0. The summed E-state index contributed by atoms with van der Waals surface area (Å²) in [6, 6.07) is 0. The number of rotatable bonds is 3. The predicted octanol–water partition coefficient (Wildman–Crippen LogP) is 4.74. The third-order valence-electron chi connectivity index (χ3n) is 4.24. The Hall–Kier alpha value is -1.57. The lowest BCUT2D eigenvalue weighted by Crippen LogP contribution is -1.89. The van der Waals surface area contributed by atoms with Crippen LogP contribution in [0.25, 0.3) is 6.08 Å². The van der Waals surface area contributed by atoms with E-state index in [2.05, 4.69) is 52.6 Å². The van der Waals surface area contributed by atoms with Crippen LogP contribution < -0.4 is 0 Å². The molecule has 0 aromatic carbocycles. The minimum absolute atomic E-state index is 1.04. The van der Waals surface area contributed by atoms with Crippen LogP contribution in [-0.4, -0.2) is 10.7 Å². The maximum Gasteiger partial charge on any atom is 0.0688 e. The quantitative estimate of drug-likeness (QED) is 0.809. The predicted molar refractivity (Wildman–Crippen MR) is 83.7 cm³/mol. The fourth-order valence-corrected chi connectivity index (χ4v) is 2.82. The summed E-state index contributed by atoms with van der Waals surface area (Å²) in [4.78, 5) is 8.21. The summed E-state index contributed by atoms with van der Waals surface area (Å²) in [5.74, 6) is 0. The highest BCUT2D eigenvalue weighted by Gasteiger charge is 2.17. The molecule has 1 aromatic heterocycles. The number of nitrogens with one attached hydrogen (secondary N) is 1. The van der Waals surface area contributed by atoms with Gasteiger partial charge in [-0.2, -0.15) is 0 Å². The summed E-state index contributed by atoms with van der Waals surface area (Å²) in [7, 11) is 0. The fraction of sp³-hybridized carbons (Fsp3) is 0.471. The second-order valence-corrected chi connectivity index (χ2v) is 5.30. The van der Waals surface area contributed by atoms with E-state index in [1.54, 1.807) is 0 Å². The van der Waals surface area contributed by atoms with E-state index >= 15 is 0 Å². The average Bonchev–Trinajstić information content (AvgIpc) is 2.79. The van der Waals surface area contributed by atoms with Gasteiger partial charge in [0.2, 0.25) is 0 Å². The Morgan fingerprint density at radius 1 is 1.05 bits per heavy atom. The molecule has 1 aromatic rings. The molecule has 2 heterocycles. The molecule has 2 rings (SSSR count). The first kappa shape index (κ1) is 13.9. The second kappa shape index (κ2) is 5.20. The smallest absolute Gasteiger partial charge is 0.0688 e. The zero-order valence-corrected chi connectivity index (χ0v) is 12.9. The minimum Gasteiger partial charge on any atom is -0.359 e. The lowest BCUT2D eigenvalue weighted by molar-refractivity contribution is 1.09. The average molecular weight is 256 g/mol. The van der Waals surface area contributed by atoms with Gasteiger partial charge in [0.25, 0.3) is 0 Å². The van der Waals surface area contributed by atoms with Crippen molar-refractivity contribution < 1.29 is 0 Å². The molecular formula is C17H24N2. The normalized spacial score (nSPS) is 17.6. The molecule has 0 saturated carbocycles. The summed E-state index contributed by atoms with van der Waals surface area (Å²) in [5, 5.41) is 0. The van der Waals surface area contributed by atoms with Crippen LogP contribution >= 0.6 is 0 Å². The van der Waals surface area contributed by atoms with Gasteiger partial charge in [-0.25, -0.2) is 0 Å². The number of hydrogen-bond donors (Lipinski definition) is 1. The maximum atomic E-state index is 4.72. The number of nitrogens with zero attached hydrogens (tertiary/aromatic N) is 1. The molecule has 0 amide bonds. The fourth-order valence-electron chi connectivity index (χ4n) is 2.82. The molecule has 1 N–H and O–H groups in total. The molecule has 0 radical (unpaired) electrons. The van der Waals surface area contributed by atoms with E-state index in [9.17, 15) is 0 Å². The zero-order valence-electron chi connectivity index (χ0n) is 12.9. The molecule has 0 unspecified atom stereocenters. The van der Waals surface area contributed by atoms with Gasteiger partial charge < -0.3 is 4.98 Å². The Labute approximate surface area is 116 Å². The third kappa shape index (κ3) is 2.32. The number of aryl methyl sites for hydroxylation is 1. The van der Waals surface area contributed by atoms with E-state index in [0.717, 1.165) is 24.3 Å². The van der Waals surface area contributed by atoms with Crippen LogP contribution in [-0.2, 0) is 6.42 Å². The molecular weight excluding hydrogens is 232 g/mol. The van der Waals surface area contributed by atoms with Crippen molar-refractivity contribution in [2.24, 2.45) is 4.99 Å². The number of aliphatic imine (C=N–C) groups is 1. The molecule has 2 heteroatoms. The first-order chi connectivity index (χ1) is 8.99. The van der Waals surface area contributed by atoms with E-state index < -0.39 is 0 Å². The van der Waals surface area contributed by atoms with Crippen molar-refractivity contribution >= 4 is 11.8 Å². The monoisotopic (exact) mass is 256 g/mol. The van der Waals surface area contributed by atoms with E-state index in [1.807, 2.05) is 0 Å². The maximum absolute atomic E-state index is 4.72. The van der Waals surface area contributed by atoms with Crippen LogP contribution in [0.2, 0.25) is 0 Å². The van der Waals surface area contributed by atoms with Gasteiger partial charge in [0.05, 0.1) is 5.70 Å². The van der Waals surface area contributed by atoms with Crippen LogP contribution in [0.1, 0.15) is 56.6 Å². The summed E-state index contributed by atoms with van der Waals surface area (Å²) >= 11 is 0.